The molecule has 0 bridgehead atoms. The van der Waals surface area contributed by atoms with Gasteiger partial charge in [0.25, 0.3) is 23.6 Å². The third kappa shape index (κ3) is 25.6. The van der Waals surface area contributed by atoms with E-state index in [9.17, 15) is 57.5 Å². The van der Waals surface area contributed by atoms with Gasteiger partial charge in [0, 0.05) is 70.3 Å². The maximum Gasteiger partial charge on any atom is 0.407 e. The molecule has 0 saturated carbocycles. The van der Waals surface area contributed by atoms with E-state index in [1.165, 1.54) is 0 Å². The molecule has 4 aromatic rings. The lowest BCUT2D eigenvalue weighted by Crippen LogP contribution is -2.33. The van der Waals surface area contributed by atoms with Crippen molar-refractivity contribution in [2.75, 3.05) is 96.8 Å². The van der Waals surface area contributed by atoms with E-state index in [1.807, 2.05) is 60.7 Å². The molecule has 6 rings (SSSR count). The number of nitrogens with zero attached hydrogens (tertiary/aromatic N) is 2. The summed E-state index contributed by atoms with van der Waals surface area (Å²) < 4.78 is 31.6. The smallest absolute Gasteiger partial charge is 0.407 e. The van der Waals surface area contributed by atoms with Crippen LogP contribution in [0.3, 0.4) is 0 Å². The number of anilines is 2. The number of aliphatic hydroxyl groups excluding tert-OH is 1. The van der Waals surface area contributed by atoms with E-state index in [0.29, 0.717) is 10.1 Å². The maximum atomic E-state index is 12.8. The Bertz CT molecular complexity index is 2840. The molecule has 31 nitrogen and oxygen atoms in total. The standard InChI is InChI=1S/C31H33N5O13.C23H27N3O9.CH4O/c37-24-6-7-25(38)35(24)48-28(41)21-16-22(29(42)49-36-26(39)8-9-27(36)40)18-23(17-21)34-30(43)32-10-12-45-14-15-46-13-11-33-31(44)47-19-20-4-2-1-3-5-20;27-20(28)17-12-18(21(29)30)14-19(13-17)26-22(31)24-6-8-33-10-11-34-9-7-25-23(32)35-15-16-4-2-1-3-5-16;1-2/h1-5,16-18H,6-15,19H2,(H,33,44)(H2,32,34,43);1-5,12-14H,6-11,15H2,(H,25,32)(H,27,28)(H,29,30)(H2,24,26,31);2H,1H3. The Morgan fingerprint density at radius 2 is 0.721 bits per heavy atom. The predicted molar refractivity (Wildman–Crippen MR) is 295 cm³/mol. The Morgan fingerprint density at radius 3 is 1.05 bits per heavy atom. The highest BCUT2D eigenvalue weighted by molar-refractivity contribution is 6.05. The number of alkyl carbamates (subject to hydrolysis) is 2. The fourth-order valence-corrected chi connectivity index (χ4v) is 6.94. The molecule has 0 radical (unpaired) electrons. The number of carboxylic acid groups (broad SMARTS) is 2. The van der Waals surface area contributed by atoms with Gasteiger partial charge in [0.2, 0.25) is 0 Å². The highest BCUT2D eigenvalue weighted by atomic mass is 16.7. The molecule has 0 atom stereocenters. The van der Waals surface area contributed by atoms with Crippen molar-refractivity contribution in [3.05, 3.63) is 130 Å². The number of urea groups is 2. The number of aliphatic hydroxyl groups is 1. The molecule has 4 aromatic carbocycles. The van der Waals surface area contributed by atoms with Gasteiger partial charge in [-0.3, -0.25) is 19.2 Å². The molecule has 10 amide bonds. The molecule has 0 aliphatic carbocycles. The molecule has 0 aromatic heterocycles. The zero-order valence-electron chi connectivity index (χ0n) is 46.4. The third-order valence-corrected chi connectivity index (χ3v) is 11.0. The highest BCUT2D eigenvalue weighted by Crippen LogP contribution is 2.22. The van der Waals surface area contributed by atoms with Crippen molar-refractivity contribution < 1.29 is 111 Å². The number of carbonyl (C=O) groups excluding carboxylic acids is 10. The molecule has 2 saturated heterocycles. The second kappa shape index (κ2) is 37.9. The van der Waals surface area contributed by atoms with Crippen molar-refractivity contribution in [3.8, 4) is 0 Å². The molecule has 2 fully saturated rings. The second-order valence-corrected chi connectivity index (χ2v) is 17.3. The van der Waals surface area contributed by atoms with Gasteiger partial charge in [-0.25, -0.2) is 38.4 Å². The molecule has 2 aliphatic heterocycles. The van der Waals surface area contributed by atoms with Crippen molar-refractivity contribution in [2.24, 2.45) is 0 Å². The van der Waals surface area contributed by atoms with Gasteiger partial charge in [-0.1, -0.05) is 60.7 Å². The lowest BCUT2D eigenvalue weighted by Gasteiger charge is -2.16. The van der Waals surface area contributed by atoms with Crippen molar-refractivity contribution >= 4 is 83.1 Å². The minimum atomic E-state index is -1.31. The van der Waals surface area contributed by atoms with E-state index in [2.05, 4.69) is 31.9 Å². The van der Waals surface area contributed by atoms with Gasteiger partial charge >= 0.3 is 48.1 Å². The number of imide groups is 2. The maximum absolute atomic E-state index is 12.8. The summed E-state index contributed by atoms with van der Waals surface area (Å²) >= 11 is 0. The van der Waals surface area contributed by atoms with Crippen LogP contribution in [0.1, 0.15) is 78.2 Å². The first-order valence-electron chi connectivity index (χ1n) is 26.1. The Balaban J connectivity index is 0.000000378. The number of rotatable bonds is 30. The Kier molecular flexibility index (Phi) is 30.2. The van der Waals surface area contributed by atoms with Crippen LogP contribution >= 0.6 is 0 Å². The van der Waals surface area contributed by atoms with Gasteiger partial charge < -0.3 is 85.3 Å². The fraction of sp³-hybridized carbons (Fsp3) is 0.345. The van der Waals surface area contributed by atoms with Gasteiger partial charge in [0.05, 0.1) is 75.1 Å². The summed E-state index contributed by atoms with van der Waals surface area (Å²) in [6, 6.07) is 23.6. The van der Waals surface area contributed by atoms with Crippen LogP contribution in [0, 0.1) is 0 Å². The van der Waals surface area contributed by atoms with Crippen LogP contribution in [-0.2, 0) is 70.5 Å². The number of hydrogen-bond acceptors (Lipinski definition) is 21. The summed E-state index contributed by atoms with van der Waals surface area (Å²) in [6.45, 7) is 2.82. The van der Waals surface area contributed by atoms with Gasteiger partial charge in [-0.15, -0.1) is 10.1 Å². The summed E-state index contributed by atoms with van der Waals surface area (Å²) in [7, 11) is 1.00. The van der Waals surface area contributed by atoms with Crippen LogP contribution in [0.2, 0.25) is 0 Å². The molecule has 462 valence electrons. The average Bonchev–Trinajstić information content (AvgIpc) is 3.10. The normalized spacial score (nSPS) is 12.3. The molecule has 31 heteroatoms. The number of amides is 10. The van der Waals surface area contributed by atoms with Gasteiger partial charge in [0.15, 0.2) is 0 Å². The largest absolute Gasteiger partial charge is 0.478 e. The number of nitrogens with one attached hydrogen (secondary N) is 6. The highest BCUT2D eigenvalue weighted by Gasteiger charge is 2.35. The second-order valence-electron chi connectivity index (χ2n) is 17.3. The lowest BCUT2D eigenvalue weighted by atomic mass is 10.1. The van der Waals surface area contributed by atoms with Crippen molar-refractivity contribution in [1.29, 1.82) is 0 Å². The zero-order chi connectivity index (χ0) is 62.6. The van der Waals surface area contributed by atoms with E-state index in [1.54, 1.807) is 0 Å². The Hall–Kier alpha value is -10.1. The summed E-state index contributed by atoms with van der Waals surface area (Å²) in [5, 5.41) is 40.7. The summed E-state index contributed by atoms with van der Waals surface area (Å²) in [5.41, 5.74) is 0.437. The number of benzene rings is 4. The summed E-state index contributed by atoms with van der Waals surface area (Å²) in [4.78, 5) is 153. The third-order valence-electron chi connectivity index (χ3n) is 11.0. The topological polar surface area (TPSA) is 418 Å². The first-order chi connectivity index (χ1) is 41.4. The molecule has 86 heavy (non-hydrogen) atoms. The van der Waals surface area contributed by atoms with Crippen molar-refractivity contribution in [1.82, 2.24) is 31.4 Å². The van der Waals surface area contributed by atoms with Crippen LogP contribution in [0.25, 0.3) is 0 Å². The molecule has 0 spiro atoms. The first-order valence-corrected chi connectivity index (χ1v) is 26.1. The van der Waals surface area contributed by atoms with Gasteiger partial charge in [0.1, 0.15) is 13.2 Å². The fourth-order valence-electron chi connectivity index (χ4n) is 6.94. The first kappa shape index (κ1) is 68.4. The van der Waals surface area contributed by atoms with E-state index in [-0.39, 0.29) is 152 Å². The van der Waals surface area contributed by atoms with Crippen LogP contribution in [0.15, 0.2) is 97.1 Å². The number of aromatic carboxylic acids is 2. The number of ether oxygens (including phenoxy) is 6. The number of hydrogen-bond donors (Lipinski definition) is 9. The zero-order valence-corrected chi connectivity index (χ0v) is 46.4. The number of carbonyl (C=O) groups is 12. The monoisotopic (exact) mass is 1200 g/mol. The van der Waals surface area contributed by atoms with Gasteiger partial charge in [-0.05, 0) is 47.5 Å². The van der Waals surface area contributed by atoms with Crippen LogP contribution in [0.4, 0.5) is 30.6 Å². The van der Waals surface area contributed by atoms with E-state index in [4.69, 9.17) is 53.4 Å². The molecule has 2 aliphatic rings. The molecule has 9 N–H and O–H groups in total. The quantitative estimate of drug-likeness (QED) is 0.0268. The molecular formula is C55H64N8O23. The lowest BCUT2D eigenvalue weighted by molar-refractivity contribution is -0.173. The Morgan fingerprint density at radius 1 is 0.419 bits per heavy atom. The summed E-state index contributed by atoms with van der Waals surface area (Å²) in [5.74, 6) is -7.98. The predicted octanol–water partition coefficient (Wildman–Crippen LogP) is 2.98. The van der Waals surface area contributed by atoms with Crippen LogP contribution in [-0.4, -0.2) is 183 Å². The molecule has 0 unspecified atom stereocenters. The van der Waals surface area contributed by atoms with Crippen molar-refractivity contribution in [3.63, 3.8) is 0 Å². The summed E-state index contributed by atoms with van der Waals surface area (Å²) in [6.07, 6.45) is -1.69. The Labute approximate surface area is 490 Å². The number of carboxylic acids is 2. The minimum Gasteiger partial charge on any atom is -0.478 e. The minimum absolute atomic E-state index is 0.0340. The van der Waals surface area contributed by atoms with E-state index >= 15 is 0 Å². The van der Waals surface area contributed by atoms with E-state index in [0.717, 1.165) is 54.6 Å². The average molecular weight is 1210 g/mol. The van der Waals surface area contributed by atoms with Crippen LogP contribution in [0.5, 0.6) is 0 Å². The van der Waals surface area contributed by atoms with Crippen LogP contribution < -0.4 is 31.9 Å². The molecular weight excluding hydrogens is 1140 g/mol. The van der Waals surface area contributed by atoms with Crippen molar-refractivity contribution in [2.45, 2.75) is 38.9 Å². The molecule has 2 heterocycles. The number of hydroxylamine groups is 4. The van der Waals surface area contributed by atoms with E-state index < -0.39 is 71.8 Å². The SMILES string of the molecule is CO.O=C(NCCOCCOCCNC(=O)OCc1ccccc1)Nc1cc(C(=O)O)cc(C(=O)O)c1.O=C(NCCOCCOCCNC(=O)OCc1ccccc1)Nc1cc(C(=O)ON2C(=O)CCC2=O)cc(C(=O)ON2C(=O)CCC2=O)c1. The van der Waals surface area contributed by atoms with Gasteiger partial charge in [-0.2, -0.15) is 0 Å².